The Morgan fingerprint density at radius 2 is 1.58 bits per heavy atom. The minimum Gasteiger partial charge on any atom is -0.348 e. The van der Waals surface area contributed by atoms with Gasteiger partial charge in [-0.2, -0.15) is 13.2 Å². The second-order valence-electron chi connectivity index (χ2n) is 8.36. The van der Waals surface area contributed by atoms with Crippen LogP contribution in [0.4, 0.5) is 13.2 Å². The van der Waals surface area contributed by atoms with Crippen molar-refractivity contribution in [3.8, 4) is 0 Å². The summed E-state index contributed by atoms with van der Waals surface area (Å²) in [4.78, 5) is 17.5. The van der Waals surface area contributed by atoms with E-state index in [1.807, 2.05) is 37.3 Å². The fourth-order valence-electron chi connectivity index (χ4n) is 3.86. The molecule has 0 aromatic heterocycles. The summed E-state index contributed by atoms with van der Waals surface area (Å²) in [7, 11) is 2.11. The van der Waals surface area contributed by atoms with Crippen molar-refractivity contribution in [3.05, 3.63) is 71.3 Å². The third-order valence-electron chi connectivity index (χ3n) is 5.87. The summed E-state index contributed by atoms with van der Waals surface area (Å²) in [6.07, 6.45) is -4.14. The number of alkyl halides is 3. The average molecular weight is 434 g/mol. The zero-order valence-corrected chi connectivity index (χ0v) is 18.0. The third kappa shape index (κ3) is 6.80. The van der Waals surface area contributed by atoms with Gasteiger partial charge in [-0.15, -0.1) is 0 Å². The van der Waals surface area contributed by atoms with Crippen molar-refractivity contribution in [1.29, 1.82) is 0 Å². The zero-order chi connectivity index (χ0) is 22.4. The normalized spacial score (nSPS) is 17.8. The highest BCUT2D eigenvalue weighted by molar-refractivity contribution is 5.77. The maximum Gasteiger partial charge on any atom is 0.416 e. The van der Waals surface area contributed by atoms with Crippen LogP contribution in [0.25, 0.3) is 0 Å². The third-order valence-corrected chi connectivity index (χ3v) is 5.87. The Hall–Kier alpha value is -2.38. The van der Waals surface area contributed by atoms with Crippen LogP contribution in [0.15, 0.2) is 54.6 Å². The number of carbonyl (C=O) groups is 1. The van der Waals surface area contributed by atoms with E-state index < -0.39 is 11.7 Å². The molecule has 2 atom stereocenters. The number of rotatable bonds is 7. The largest absolute Gasteiger partial charge is 0.416 e. The predicted molar refractivity (Wildman–Crippen MR) is 116 cm³/mol. The highest BCUT2D eigenvalue weighted by Gasteiger charge is 2.30. The molecule has 0 saturated carbocycles. The number of likely N-dealkylation sites (N-methyl/N-ethyl adjacent to an activating group) is 1. The molecule has 31 heavy (non-hydrogen) atoms. The number of piperazine rings is 1. The Morgan fingerprint density at radius 3 is 2.16 bits per heavy atom. The first-order valence-corrected chi connectivity index (χ1v) is 10.6. The van der Waals surface area contributed by atoms with E-state index in [0.29, 0.717) is 0 Å². The number of amides is 1. The second kappa shape index (κ2) is 10.3. The van der Waals surface area contributed by atoms with Crippen LogP contribution >= 0.6 is 0 Å². The lowest BCUT2D eigenvalue weighted by Gasteiger charge is -2.35. The van der Waals surface area contributed by atoms with E-state index in [4.69, 9.17) is 0 Å². The van der Waals surface area contributed by atoms with E-state index in [1.54, 1.807) is 0 Å². The molecule has 0 bridgehead atoms. The summed E-state index contributed by atoms with van der Waals surface area (Å²) in [5, 5.41) is 3.15. The molecule has 1 amide bonds. The van der Waals surface area contributed by atoms with Crippen molar-refractivity contribution in [3.63, 3.8) is 0 Å². The maximum absolute atomic E-state index is 12.8. The van der Waals surface area contributed by atoms with Gasteiger partial charge in [-0.25, -0.2) is 0 Å². The van der Waals surface area contributed by atoms with Crippen LogP contribution in [0.3, 0.4) is 0 Å². The molecule has 168 valence electrons. The SMILES string of the molecule is CC(CC(=O)NC(CN1CCN(C)CC1)c1ccccc1)c1ccc(C(F)(F)F)cc1. The molecule has 3 rings (SSSR count). The first-order chi connectivity index (χ1) is 14.7. The maximum atomic E-state index is 12.8. The summed E-state index contributed by atoms with van der Waals surface area (Å²) in [6.45, 7) is 6.51. The first kappa shape index (κ1) is 23.3. The Balaban J connectivity index is 1.63. The molecule has 1 fully saturated rings. The van der Waals surface area contributed by atoms with Gasteiger partial charge in [0.2, 0.25) is 5.91 Å². The molecule has 0 aliphatic carbocycles. The summed E-state index contributed by atoms with van der Waals surface area (Å²) in [5.41, 5.74) is 1.10. The average Bonchev–Trinajstić information content (AvgIpc) is 2.75. The minimum atomic E-state index is -4.36. The number of hydrogen-bond acceptors (Lipinski definition) is 3. The highest BCUT2D eigenvalue weighted by Crippen LogP contribution is 2.30. The van der Waals surface area contributed by atoms with E-state index in [-0.39, 0.29) is 24.3 Å². The summed E-state index contributed by atoms with van der Waals surface area (Å²) >= 11 is 0. The van der Waals surface area contributed by atoms with Gasteiger partial charge in [-0.1, -0.05) is 49.4 Å². The molecule has 0 spiro atoms. The van der Waals surface area contributed by atoms with Crippen molar-refractivity contribution in [2.75, 3.05) is 39.8 Å². The van der Waals surface area contributed by atoms with Gasteiger partial charge in [0, 0.05) is 39.1 Å². The van der Waals surface area contributed by atoms with Gasteiger partial charge in [0.05, 0.1) is 11.6 Å². The van der Waals surface area contributed by atoms with Crippen LogP contribution < -0.4 is 5.32 Å². The predicted octanol–water partition coefficient (Wildman–Crippen LogP) is 4.30. The van der Waals surface area contributed by atoms with Crippen molar-refractivity contribution in [1.82, 2.24) is 15.1 Å². The summed E-state index contributed by atoms with van der Waals surface area (Å²) < 4.78 is 38.3. The zero-order valence-electron chi connectivity index (χ0n) is 18.0. The molecule has 7 heteroatoms. The van der Waals surface area contributed by atoms with Gasteiger partial charge in [-0.3, -0.25) is 9.69 Å². The first-order valence-electron chi connectivity index (χ1n) is 10.6. The van der Waals surface area contributed by atoms with E-state index in [9.17, 15) is 18.0 Å². The van der Waals surface area contributed by atoms with Crippen LogP contribution in [0, 0.1) is 0 Å². The van der Waals surface area contributed by atoms with Gasteiger partial charge in [-0.05, 0) is 36.2 Å². The Labute approximate surface area is 182 Å². The molecule has 2 aromatic rings. The molecule has 2 unspecified atom stereocenters. The van der Waals surface area contributed by atoms with Crippen LogP contribution in [-0.2, 0) is 11.0 Å². The quantitative estimate of drug-likeness (QED) is 0.707. The summed E-state index contributed by atoms with van der Waals surface area (Å²) in [6, 6.07) is 14.8. The van der Waals surface area contributed by atoms with Crippen molar-refractivity contribution < 1.29 is 18.0 Å². The second-order valence-corrected chi connectivity index (χ2v) is 8.36. The number of halogens is 3. The number of hydrogen-bond donors (Lipinski definition) is 1. The lowest BCUT2D eigenvalue weighted by molar-refractivity contribution is -0.137. The van der Waals surface area contributed by atoms with Crippen LogP contribution in [-0.4, -0.2) is 55.5 Å². The molecular weight excluding hydrogens is 403 g/mol. The van der Waals surface area contributed by atoms with Gasteiger partial charge in [0.1, 0.15) is 0 Å². The van der Waals surface area contributed by atoms with Crippen molar-refractivity contribution in [2.24, 2.45) is 0 Å². The minimum absolute atomic E-state index is 0.102. The van der Waals surface area contributed by atoms with Crippen molar-refractivity contribution in [2.45, 2.75) is 31.5 Å². The lowest BCUT2D eigenvalue weighted by atomic mass is 9.96. The summed E-state index contributed by atoms with van der Waals surface area (Å²) in [5.74, 6) is -0.280. The molecule has 0 radical (unpaired) electrons. The Morgan fingerprint density at radius 1 is 0.968 bits per heavy atom. The molecule has 1 N–H and O–H groups in total. The van der Waals surface area contributed by atoms with Crippen LogP contribution in [0.5, 0.6) is 0 Å². The van der Waals surface area contributed by atoms with E-state index in [0.717, 1.165) is 56.0 Å². The molecule has 1 saturated heterocycles. The fraction of sp³-hybridized carbons (Fsp3) is 0.458. The monoisotopic (exact) mass is 433 g/mol. The standard InChI is InChI=1S/C24H30F3N3O/c1-18(19-8-10-21(11-9-19)24(25,26)27)16-23(31)28-22(20-6-4-3-5-7-20)17-30-14-12-29(2)13-15-30/h3-11,18,22H,12-17H2,1-2H3,(H,28,31). The number of nitrogens with one attached hydrogen (secondary N) is 1. The molecule has 4 nitrogen and oxygen atoms in total. The van der Waals surface area contributed by atoms with Gasteiger partial charge in [0.25, 0.3) is 0 Å². The topological polar surface area (TPSA) is 35.6 Å². The van der Waals surface area contributed by atoms with Crippen LogP contribution in [0.1, 0.15) is 42.0 Å². The van der Waals surface area contributed by atoms with Gasteiger partial charge < -0.3 is 10.2 Å². The Bertz CT molecular complexity index is 831. The van der Waals surface area contributed by atoms with Gasteiger partial charge in [0.15, 0.2) is 0 Å². The molecule has 1 aliphatic rings. The van der Waals surface area contributed by atoms with Crippen molar-refractivity contribution >= 4 is 5.91 Å². The van der Waals surface area contributed by atoms with Gasteiger partial charge >= 0.3 is 6.18 Å². The highest BCUT2D eigenvalue weighted by atomic mass is 19.4. The number of carbonyl (C=O) groups excluding carboxylic acids is 1. The molecule has 1 heterocycles. The smallest absolute Gasteiger partial charge is 0.348 e. The lowest BCUT2D eigenvalue weighted by Crippen LogP contribution is -2.47. The van der Waals surface area contributed by atoms with E-state index in [1.165, 1.54) is 12.1 Å². The van der Waals surface area contributed by atoms with E-state index in [2.05, 4.69) is 22.2 Å². The van der Waals surface area contributed by atoms with Crippen LogP contribution in [0.2, 0.25) is 0 Å². The van der Waals surface area contributed by atoms with E-state index >= 15 is 0 Å². The molecule has 2 aromatic carbocycles. The Kier molecular flexibility index (Phi) is 7.73. The fourth-order valence-corrected chi connectivity index (χ4v) is 3.86. The number of nitrogens with zero attached hydrogens (tertiary/aromatic N) is 2. The number of benzene rings is 2. The molecule has 1 aliphatic heterocycles. The molecular formula is C24H30F3N3O.